The van der Waals surface area contributed by atoms with E-state index in [0.717, 1.165) is 36.1 Å². The van der Waals surface area contributed by atoms with Crippen LogP contribution in [0.4, 0.5) is 0 Å². The van der Waals surface area contributed by atoms with Crippen molar-refractivity contribution in [3.05, 3.63) is 71.4 Å². The van der Waals surface area contributed by atoms with Crippen molar-refractivity contribution in [3.63, 3.8) is 0 Å². The lowest BCUT2D eigenvalue weighted by Gasteiger charge is -2.08. The summed E-state index contributed by atoms with van der Waals surface area (Å²) in [5.74, 6) is 0.639. The Balaban J connectivity index is 1.80. The Morgan fingerprint density at radius 2 is 1.80 bits per heavy atom. The lowest BCUT2D eigenvalue weighted by Crippen LogP contribution is -2.05. The average molecular weight is 335 g/mol. The van der Waals surface area contributed by atoms with Gasteiger partial charge in [0.25, 0.3) is 0 Å². The van der Waals surface area contributed by atoms with Gasteiger partial charge in [-0.25, -0.2) is 9.79 Å². The average Bonchev–Trinajstić information content (AvgIpc) is 3.01. The van der Waals surface area contributed by atoms with Crippen LogP contribution in [0.15, 0.2) is 65.3 Å². The highest BCUT2D eigenvalue weighted by Crippen LogP contribution is 2.25. The fourth-order valence-electron chi connectivity index (χ4n) is 2.53. The quantitative estimate of drug-likeness (QED) is 0.422. The molecular formula is C21H21NO3. The van der Waals surface area contributed by atoms with E-state index in [1.165, 1.54) is 0 Å². The Bertz CT molecular complexity index is 794. The van der Waals surface area contributed by atoms with Crippen molar-refractivity contribution in [1.82, 2.24) is 0 Å². The number of hydrogen-bond donors (Lipinski definition) is 0. The standard InChI is InChI=1S/C21H21NO3/c1-2-3-9-14-24-19-13-8-7-12-17(19)15-18-21(23)25-20(22-18)16-10-5-4-6-11-16/h4-8,10-13,15H,2-3,9,14H2,1H3/b18-15+. The van der Waals surface area contributed by atoms with Crippen LogP contribution >= 0.6 is 0 Å². The molecule has 0 unspecified atom stereocenters. The van der Waals surface area contributed by atoms with Gasteiger partial charge in [-0.3, -0.25) is 0 Å². The van der Waals surface area contributed by atoms with Gasteiger partial charge in [-0.1, -0.05) is 56.2 Å². The summed E-state index contributed by atoms with van der Waals surface area (Å²) in [6.07, 6.45) is 5.02. The highest BCUT2D eigenvalue weighted by Gasteiger charge is 2.24. The highest BCUT2D eigenvalue weighted by molar-refractivity contribution is 6.12. The first-order valence-corrected chi connectivity index (χ1v) is 8.57. The van der Waals surface area contributed by atoms with E-state index in [-0.39, 0.29) is 5.70 Å². The smallest absolute Gasteiger partial charge is 0.363 e. The van der Waals surface area contributed by atoms with Gasteiger partial charge in [-0.2, -0.15) is 0 Å². The summed E-state index contributed by atoms with van der Waals surface area (Å²) >= 11 is 0. The molecule has 0 N–H and O–H groups in total. The Morgan fingerprint density at radius 1 is 1.04 bits per heavy atom. The normalized spacial score (nSPS) is 15.2. The van der Waals surface area contributed by atoms with Crippen LogP contribution in [-0.4, -0.2) is 18.5 Å². The van der Waals surface area contributed by atoms with Gasteiger partial charge in [-0.15, -0.1) is 0 Å². The number of aliphatic imine (C=N–C) groups is 1. The zero-order valence-corrected chi connectivity index (χ0v) is 14.3. The number of cyclic esters (lactones) is 1. The summed E-state index contributed by atoms with van der Waals surface area (Å²) in [4.78, 5) is 16.5. The number of nitrogens with zero attached hydrogens (tertiary/aromatic N) is 1. The highest BCUT2D eigenvalue weighted by atomic mass is 16.6. The summed E-state index contributed by atoms with van der Waals surface area (Å²) < 4.78 is 11.1. The topological polar surface area (TPSA) is 47.9 Å². The molecular weight excluding hydrogens is 314 g/mol. The maximum atomic E-state index is 12.1. The van der Waals surface area contributed by atoms with E-state index in [2.05, 4.69) is 11.9 Å². The second-order valence-corrected chi connectivity index (χ2v) is 5.80. The molecule has 0 atom stereocenters. The number of ether oxygens (including phenoxy) is 2. The molecule has 1 heterocycles. The molecule has 0 saturated heterocycles. The molecule has 1 aliphatic heterocycles. The van der Waals surface area contributed by atoms with Gasteiger partial charge in [0.15, 0.2) is 5.70 Å². The van der Waals surface area contributed by atoms with Crippen LogP contribution in [0.2, 0.25) is 0 Å². The van der Waals surface area contributed by atoms with Crippen LogP contribution in [0.5, 0.6) is 5.75 Å². The predicted octanol–water partition coefficient (Wildman–Crippen LogP) is 4.60. The zero-order chi connectivity index (χ0) is 17.5. The van der Waals surface area contributed by atoms with Gasteiger partial charge >= 0.3 is 5.97 Å². The Kier molecular flexibility index (Phi) is 5.62. The van der Waals surface area contributed by atoms with Gasteiger partial charge in [0.1, 0.15) is 5.75 Å². The minimum atomic E-state index is -0.445. The van der Waals surface area contributed by atoms with E-state index >= 15 is 0 Å². The zero-order valence-electron chi connectivity index (χ0n) is 14.3. The third-order valence-corrected chi connectivity index (χ3v) is 3.86. The van der Waals surface area contributed by atoms with Crippen molar-refractivity contribution < 1.29 is 14.3 Å². The molecule has 3 rings (SSSR count). The molecule has 0 fully saturated rings. The summed E-state index contributed by atoms with van der Waals surface area (Å²) in [7, 11) is 0. The van der Waals surface area contributed by atoms with Crippen LogP contribution in [-0.2, 0) is 9.53 Å². The molecule has 0 radical (unpaired) electrons. The first-order valence-electron chi connectivity index (χ1n) is 8.57. The largest absolute Gasteiger partial charge is 0.493 e. The van der Waals surface area contributed by atoms with E-state index in [1.807, 2.05) is 54.6 Å². The van der Waals surface area contributed by atoms with Crippen LogP contribution in [0, 0.1) is 0 Å². The number of unbranched alkanes of at least 4 members (excludes halogenated alkanes) is 2. The van der Waals surface area contributed by atoms with Gasteiger partial charge in [0.05, 0.1) is 6.61 Å². The number of hydrogen-bond acceptors (Lipinski definition) is 4. The van der Waals surface area contributed by atoms with Crippen LogP contribution in [0.25, 0.3) is 6.08 Å². The third-order valence-electron chi connectivity index (χ3n) is 3.86. The van der Waals surface area contributed by atoms with Crippen molar-refractivity contribution >= 4 is 17.9 Å². The van der Waals surface area contributed by atoms with Gasteiger partial charge in [0.2, 0.25) is 5.90 Å². The minimum absolute atomic E-state index is 0.281. The lowest BCUT2D eigenvalue weighted by atomic mass is 10.1. The predicted molar refractivity (Wildman–Crippen MR) is 98.5 cm³/mol. The first kappa shape index (κ1) is 17.0. The molecule has 2 aromatic carbocycles. The molecule has 2 aromatic rings. The molecule has 0 amide bonds. The van der Waals surface area contributed by atoms with Crippen LogP contribution in [0.1, 0.15) is 37.3 Å². The summed E-state index contributed by atoms with van der Waals surface area (Å²) in [6, 6.07) is 17.0. The van der Waals surface area contributed by atoms with Crippen molar-refractivity contribution in [3.8, 4) is 5.75 Å². The molecule has 4 nitrogen and oxygen atoms in total. The monoisotopic (exact) mass is 335 g/mol. The van der Waals surface area contributed by atoms with E-state index in [9.17, 15) is 4.79 Å². The van der Waals surface area contributed by atoms with E-state index < -0.39 is 5.97 Å². The molecule has 0 saturated carbocycles. The van der Waals surface area contributed by atoms with Crippen molar-refractivity contribution in [2.75, 3.05) is 6.61 Å². The maximum Gasteiger partial charge on any atom is 0.363 e. The molecule has 0 aliphatic carbocycles. The van der Waals surface area contributed by atoms with Gasteiger partial charge in [-0.05, 0) is 30.7 Å². The van der Waals surface area contributed by atoms with Crippen molar-refractivity contribution in [2.24, 2.45) is 4.99 Å². The number of rotatable bonds is 7. The van der Waals surface area contributed by atoms with Crippen LogP contribution in [0.3, 0.4) is 0 Å². The third kappa shape index (κ3) is 4.35. The number of carbonyl (C=O) groups excluding carboxylic acids is 1. The summed E-state index contributed by atoms with van der Waals surface area (Å²) in [5, 5.41) is 0. The fourth-order valence-corrected chi connectivity index (χ4v) is 2.53. The van der Waals surface area contributed by atoms with E-state index in [0.29, 0.717) is 12.5 Å². The second kappa shape index (κ2) is 8.29. The van der Waals surface area contributed by atoms with Crippen molar-refractivity contribution in [2.45, 2.75) is 26.2 Å². The Labute approximate surface area is 147 Å². The van der Waals surface area contributed by atoms with E-state index in [4.69, 9.17) is 9.47 Å². The lowest BCUT2D eigenvalue weighted by molar-refractivity contribution is -0.129. The molecule has 0 bridgehead atoms. The Hall–Kier alpha value is -2.88. The van der Waals surface area contributed by atoms with Gasteiger partial charge < -0.3 is 9.47 Å². The minimum Gasteiger partial charge on any atom is -0.493 e. The maximum absolute atomic E-state index is 12.1. The van der Waals surface area contributed by atoms with Crippen LogP contribution < -0.4 is 4.74 Å². The molecule has 0 spiro atoms. The Morgan fingerprint density at radius 3 is 2.60 bits per heavy atom. The fraction of sp³-hybridized carbons (Fsp3) is 0.238. The van der Waals surface area contributed by atoms with Crippen molar-refractivity contribution in [1.29, 1.82) is 0 Å². The van der Waals surface area contributed by atoms with E-state index in [1.54, 1.807) is 6.08 Å². The van der Waals surface area contributed by atoms with Gasteiger partial charge in [0, 0.05) is 11.1 Å². The molecule has 1 aliphatic rings. The summed E-state index contributed by atoms with van der Waals surface area (Å²) in [5.41, 5.74) is 1.89. The number of benzene rings is 2. The second-order valence-electron chi connectivity index (χ2n) is 5.80. The first-order chi connectivity index (χ1) is 12.3. The molecule has 4 heteroatoms. The summed E-state index contributed by atoms with van der Waals surface area (Å²) in [6.45, 7) is 2.82. The number of carbonyl (C=O) groups is 1. The SMILES string of the molecule is CCCCCOc1ccccc1/C=C1/N=C(c2ccccc2)OC1=O. The molecule has 128 valence electrons. The number of para-hydroxylation sites is 1. The number of esters is 1. The molecule has 25 heavy (non-hydrogen) atoms. The molecule has 0 aromatic heterocycles.